The molecule has 0 spiro atoms. The van der Waals surface area contributed by atoms with Crippen molar-refractivity contribution in [2.75, 3.05) is 46.0 Å². The summed E-state index contributed by atoms with van der Waals surface area (Å²) in [6, 6.07) is 0.483. The summed E-state index contributed by atoms with van der Waals surface area (Å²) in [6.45, 7) is 10.3. The number of rotatable bonds is 6. The zero-order valence-corrected chi connectivity index (χ0v) is 9.91. The van der Waals surface area contributed by atoms with Gasteiger partial charge in [0.05, 0.1) is 13.2 Å². The molecule has 0 radical (unpaired) electrons. The molecule has 90 valence electrons. The van der Waals surface area contributed by atoms with Crippen LogP contribution < -0.4 is 5.32 Å². The quantitative estimate of drug-likeness (QED) is 0.652. The van der Waals surface area contributed by atoms with Gasteiger partial charge in [-0.25, -0.2) is 0 Å². The summed E-state index contributed by atoms with van der Waals surface area (Å²) in [5, 5.41) is 12.3. The summed E-state index contributed by atoms with van der Waals surface area (Å²) in [4.78, 5) is 2.42. The number of hydrogen-bond acceptors (Lipinski definition) is 4. The summed E-state index contributed by atoms with van der Waals surface area (Å²) in [7, 11) is 0. The van der Waals surface area contributed by atoms with Crippen molar-refractivity contribution in [1.29, 1.82) is 0 Å². The molecule has 4 heteroatoms. The van der Waals surface area contributed by atoms with Gasteiger partial charge >= 0.3 is 0 Å². The van der Waals surface area contributed by atoms with Crippen LogP contribution in [0.2, 0.25) is 0 Å². The molecule has 2 N–H and O–H groups in total. The van der Waals surface area contributed by atoms with E-state index < -0.39 is 0 Å². The fraction of sp³-hybridized carbons (Fsp3) is 1.00. The monoisotopic (exact) mass is 216 g/mol. The number of nitrogens with zero attached hydrogens (tertiary/aromatic N) is 1. The van der Waals surface area contributed by atoms with Crippen molar-refractivity contribution in [1.82, 2.24) is 10.2 Å². The van der Waals surface area contributed by atoms with E-state index in [0.29, 0.717) is 12.0 Å². The zero-order chi connectivity index (χ0) is 11.1. The van der Waals surface area contributed by atoms with Crippen molar-refractivity contribution in [2.45, 2.75) is 19.9 Å². The van der Waals surface area contributed by atoms with Crippen LogP contribution in [0.5, 0.6) is 0 Å². The van der Waals surface area contributed by atoms with Crippen LogP contribution in [0.15, 0.2) is 0 Å². The molecule has 0 aliphatic carbocycles. The molecule has 15 heavy (non-hydrogen) atoms. The lowest BCUT2D eigenvalue weighted by molar-refractivity contribution is 0.0341. The Hall–Kier alpha value is -0.160. The molecule has 0 saturated carbocycles. The fourth-order valence-electron chi connectivity index (χ4n) is 1.70. The first-order valence-electron chi connectivity index (χ1n) is 5.86. The van der Waals surface area contributed by atoms with E-state index >= 15 is 0 Å². The van der Waals surface area contributed by atoms with Crippen LogP contribution in [0.4, 0.5) is 0 Å². The third-order valence-corrected chi connectivity index (χ3v) is 2.76. The number of hydrogen-bond donors (Lipinski definition) is 2. The molecule has 1 aliphatic heterocycles. The van der Waals surface area contributed by atoms with Crippen LogP contribution in [0.1, 0.15) is 13.8 Å². The Balaban J connectivity index is 2.08. The number of aliphatic hydroxyl groups is 1. The first-order chi connectivity index (χ1) is 7.22. The second kappa shape index (κ2) is 7.17. The van der Waals surface area contributed by atoms with Gasteiger partial charge in [0, 0.05) is 38.8 Å². The second-order valence-corrected chi connectivity index (χ2v) is 4.51. The van der Waals surface area contributed by atoms with E-state index in [2.05, 4.69) is 24.1 Å². The molecule has 1 saturated heterocycles. The van der Waals surface area contributed by atoms with Crippen molar-refractivity contribution in [3.05, 3.63) is 0 Å². The van der Waals surface area contributed by atoms with Gasteiger partial charge < -0.3 is 15.2 Å². The SMILES string of the molecule is CC(CO)CNC(C)CN1CCOCC1. The normalized spacial score (nSPS) is 22.6. The molecule has 2 unspecified atom stereocenters. The third kappa shape index (κ3) is 5.47. The Morgan fingerprint density at radius 3 is 2.60 bits per heavy atom. The smallest absolute Gasteiger partial charge is 0.0594 e. The average Bonchev–Trinajstić information content (AvgIpc) is 2.27. The number of morpholine rings is 1. The highest BCUT2D eigenvalue weighted by Crippen LogP contribution is 1.99. The molecule has 2 atom stereocenters. The van der Waals surface area contributed by atoms with Crippen LogP contribution in [0, 0.1) is 5.92 Å². The van der Waals surface area contributed by atoms with Crippen LogP contribution in [0.3, 0.4) is 0 Å². The van der Waals surface area contributed by atoms with Crippen molar-refractivity contribution in [3.63, 3.8) is 0 Å². The Labute approximate surface area is 92.6 Å². The van der Waals surface area contributed by atoms with E-state index in [0.717, 1.165) is 39.4 Å². The van der Waals surface area contributed by atoms with E-state index in [1.165, 1.54) is 0 Å². The van der Waals surface area contributed by atoms with Crippen LogP contribution in [-0.2, 0) is 4.74 Å². The Morgan fingerprint density at radius 1 is 1.33 bits per heavy atom. The molecule has 4 nitrogen and oxygen atoms in total. The molecule has 0 amide bonds. The summed E-state index contributed by atoms with van der Waals surface area (Å²) >= 11 is 0. The molecule has 1 heterocycles. The Bertz CT molecular complexity index is 161. The van der Waals surface area contributed by atoms with E-state index in [1.807, 2.05) is 0 Å². The Kier molecular flexibility index (Phi) is 6.17. The van der Waals surface area contributed by atoms with Gasteiger partial charge in [0.25, 0.3) is 0 Å². The highest BCUT2D eigenvalue weighted by molar-refractivity contribution is 4.70. The van der Waals surface area contributed by atoms with E-state index in [4.69, 9.17) is 9.84 Å². The average molecular weight is 216 g/mol. The number of ether oxygens (including phenoxy) is 1. The van der Waals surface area contributed by atoms with Gasteiger partial charge in [0.15, 0.2) is 0 Å². The maximum Gasteiger partial charge on any atom is 0.0594 e. The molecule has 0 aromatic carbocycles. The summed E-state index contributed by atoms with van der Waals surface area (Å²) in [5.74, 6) is 0.345. The molecule has 1 fully saturated rings. The lowest BCUT2D eigenvalue weighted by Crippen LogP contribution is -2.45. The van der Waals surface area contributed by atoms with Crippen molar-refractivity contribution in [2.24, 2.45) is 5.92 Å². The topological polar surface area (TPSA) is 44.7 Å². The highest BCUT2D eigenvalue weighted by Gasteiger charge is 2.13. The molecule has 0 aromatic heterocycles. The number of nitrogens with one attached hydrogen (secondary N) is 1. The van der Waals surface area contributed by atoms with Crippen molar-refractivity contribution < 1.29 is 9.84 Å². The third-order valence-electron chi connectivity index (χ3n) is 2.76. The first kappa shape index (κ1) is 12.9. The Morgan fingerprint density at radius 2 is 2.00 bits per heavy atom. The van der Waals surface area contributed by atoms with Crippen LogP contribution >= 0.6 is 0 Å². The van der Waals surface area contributed by atoms with Crippen LogP contribution in [-0.4, -0.2) is 62.0 Å². The van der Waals surface area contributed by atoms with Gasteiger partial charge in [-0.2, -0.15) is 0 Å². The van der Waals surface area contributed by atoms with E-state index in [1.54, 1.807) is 0 Å². The lowest BCUT2D eigenvalue weighted by atomic mass is 10.2. The standard InChI is InChI=1S/C11H24N2O2/c1-10(9-14)7-12-11(2)8-13-3-5-15-6-4-13/h10-12,14H,3-9H2,1-2H3. The summed E-state index contributed by atoms with van der Waals surface area (Å²) in [5.41, 5.74) is 0. The number of aliphatic hydroxyl groups excluding tert-OH is 1. The van der Waals surface area contributed by atoms with Gasteiger partial charge in [-0.1, -0.05) is 6.92 Å². The molecule has 1 aliphatic rings. The molecular formula is C11H24N2O2. The zero-order valence-electron chi connectivity index (χ0n) is 9.91. The van der Waals surface area contributed by atoms with Gasteiger partial charge in [-0.15, -0.1) is 0 Å². The van der Waals surface area contributed by atoms with Crippen molar-refractivity contribution in [3.8, 4) is 0 Å². The molecule has 0 bridgehead atoms. The van der Waals surface area contributed by atoms with E-state index in [9.17, 15) is 0 Å². The highest BCUT2D eigenvalue weighted by atomic mass is 16.5. The minimum atomic E-state index is 0.261. The lowest BCUT2D eigenvalue weighted by Gasteiger charge is -2.29. The summed E-state index contributed by atoms with van der Waals surface area (Å²) in [6.07, 6.45) is 0. The maximum atomic E-state index is 8.90. The van der Waals surface area contributed by atoms with Crippen LogP contribution in [0.25, 0.3) is 0 Å². The van der Waals surface area contributed by atoms with Gasteiger partial charge in [0.2, 0.25) is 0 Å². The maximum absolute atomic E-state index is 8.90. The summed E-state index contributed by atoms with van der Waals surface area (Å²) < 4.78 is 5.30. The fourth-order valence-corrected chi connectivity index (χ4v) is 1.70. The minimum absolute atomic E-state index is 0.261. The van der Waals surface area contributed by atoms with Gasteiger partial charge in [-0.3, -0.25) is 4.90 Å². The first-order valence-corrected chi connectivity index (χ1v) is 5.86. The van der Waals surface area contributed by atoms with Crippen molar-refractivity contribution >= 4 is 0 Å². The largest absolute Gasteiger partial charge is 0.396 e. The molecular weight excluding hydrogens is 192 g/mol. The molecule has 1 rings (SSSR count). The second-order valence-electron chi connectivity index (χ2n) is 4.51. The predicted molar refractivity (Wildman–Crippen MR) is 61.0 cm³/mol. The van der Waals surface area contributed by atoms with Gasteiger partial charge in [-0.05, 0) is 12.8 Å². The minimum Gasteiger partial charge on any atom is -0.396 e. The van der Waals surface area contributed by atoms with Gasteiger partial charge in [0.1, 0.15) is 0 Å². The predicted octanol–water partition coefficient (Wildman–Crippen LogP) is -0.0749. The molecule has 0 aromatic rings. The van der Waals surface area contributed by atoms with E-state index in [-0.39, 0.29) is 6.61 Å².